The van der Waals surface area contributed by atoms with Gasteiger partial charge in [-0.25, -0.2) is 0 Å². The Bertz CT molecular complexity index is 570. The third-order valence-electron chi connectivity index (χ3n) is 2.52. The molecule has 2 aromatic rings. The van der Waals surface area contributed by atoms with Gasteiger partial charge in [-0.15, -0.1) is 0 Å². The predicted octanol–water partition coefficient (Wildman–Crippen LogP) is 3.78. The lowest BCUT2D eigenvalue weighted by molar-refractivity contribution is 0.130. The maximum absolute atomic E-state index is 5.97. The molecule has 1 radical (unpaired) electrons. The van der Waals surface area contributed by atoms with Crippen molar-refractivity contribution in [2.75, 3.05) is 7.11 Å². The predicted molar refractivity (Wildman–Crippen MR) is 75.8 cm³/mol. The molecule has 0 fully saturated rings. The van der Waals surface area contributed by atoms with Gasteiger partial charge in [-0.05, 0) is 12.1 Å². The van der Waals surface area contributed by atoms with Crippen molar-refractivity contribution in [3.63, 3.8) is 0 Å². The van der Waals surface area contributed by atoms with E-state index in [1.807, 2.05) is 42.5 Å². The Morgan fingerprint density at radius 1 is 1.11 bits per heavy atom. The average Bonchev–Trinajstić information content (AvgIpc) is 2.45. The largest absolute Gasteiger partial charge is 0.496 e. The van der Waals surface area contributed by atoms with Crippen molar-refractivity contribution in [2.45, 2.75) is 6.61 Å². The summed E-state index contributed by atoms with van der Waals surface area (Å²) in [6.45, 7) is 0.321. The van der Waals surface area contributed by atoms with Crippen LogP contribution in [0.4, 0.5) is 0 Å². The van der Waals surface area contributed by atoms with Crippen LogP contribution >= 0.6 is 11.6 Å². The first-order valence-corrected chi connectivity index (χ1v) is 6.13. The van der Waals surface area contributed by atoms with Crippen molar-refractivity contribution in [2.24, 2.45) is 5.16 Å². The third kappa shape index (κ3) is 3.73. The Morgan fingerprint density at radius 3 is 2.63 bits per heavy atom. The number of hydrogen-bond acceptors (Lipinski definition) is 3. The van der Waals surface area contributed by atoms with Gasteiger partial charge in [-0.2, -0.15) is 0 Å². The van der Waals surface area contributed by atoms with Crippen LogP contribution in [0.5, 0.6) is 5.75 Å². The molecule has 0 saturated heterocycles. The van der Waals surface area contributed by atoms with E-state index >= 15 is 0 Å². The van der Waals surface area contributed by atoms with Crippen molar-refractivity contribution in [1.29, 1.82) is 0 Å². The number of nitrogens with zero attached hydrogens (tertiary/aromatic N) is 1. The zero-order valence-corrected chi connectivity index (χ0v) is 11.2. The molecular weight excluding hydrogens is 262 g/mol. The first-order valence-electron chi connectivity index (χ1n) is 5.75. The summed E-state index contributed by atoms with van der Waals surface area (Å²) in [4.78, 5) is 5.20. The van der Waals surface area contributed by atoms with E-state index in [0.29, 0.717) is 17.2 Å². The van der Waals surface area contributed by atoms with Crippen LogP contribution in [-0.4, -0.2) is 13.3 Å². The van der Waals surface area contributed by atoms with E-state index in [0.717, 1.165) is 11.3 Å². The molecule has 0 unspecified atom stereocenters. The molecule has 0 spiro atoms. The number of halogens is 1. The average molecular weight is 275 g/mol. The van der Waals surface area contributed by atoms with Crippen molar-refractivity contribution in [3.8, 4) is 5.75 Å². The molecule has 2 rings (SSSR count). The lowest BCUT2D eigenvalue weighted by atomic mass is 10.2. The van der Waals surface area contributed by atoms with Crippen molar-refractivity contribution < 1.29 is 9.57 Å². The van der Waals surface area contributed by atoms with E-state index in [2.05, 4.69) is 11.4 Å². The Kier molecular flexibility index (Phi) is 4.81. The van der Waals surface area contributed by atoms with E-state index in [9.17, 15) is 0 Å². The minimum Gasteiger partial charge on any atom is -0.496 e. The SMILES string of the molecule is COc1ccccc1CO/N=[C]\c1ccccc1Cl. The molecule has 0 amide bonds. The minimum atomic E-state index is 0.321. The molecule has 0 aliphatic carbocycles. The van der Waals surface area contributed by atoms with Crippen LogP contribution in [0, 0.1) is 0 Å². The van der Waals surface area contributed by atoms with Gasteiger partial charge in [-0.1, -0.05) is 53.2 Å². The first kappa shape index (κ1) is 13.4. The zero-order valence-electron chi connectivity index (χ0n) is 10.5. The van der Waals surface area contributed by atoms with Gasteiger partial charge >= 0.3 is 0 Å². The van der Waals surface area contributed by atoms with Crippen LogP contribution < -0.4 is 4.74 Å². The highest BCUT2D eigenvalue weighted by Gasteiger charge is 2.01. The summed E-state index contributed by atoms with van der Waals surface area (Å²) < 4.78 is 5.22. The van der Waals surface area contributed by atoms with Gasteiger partial charge in [0.05, 0.1) is 12.1 Å². The Morgan fingerprint density at radius 2 is 1.84 bits per heavy atom. The highest BCUT2D eigenvalue weighted by molar-refractivity contribution is 6.33. The van der Waals surface area contributed by atoms with Crippen LogP contribution in [0.1, 0.15) is 11.1 Å². The van der Waals surface area contributed by atoms with Crippen LogP contribution in [0.25, 0.3) is 0 Å². The third-order valence-corrected chi connectivity index (χ3v) is 2.85. The molecule has 0 saturated carbocycles. The van der Waals surface area contributed by atoms with Gasteiger partial charge in [0, 0.05) is 11.1 Å². The van der Waals surface area contributed by atoms with Crippen molar-refractivity contribution >= 4 is 17.8 Å². The zero-order chi connectivity index (χ0) is 13.5. The number of ether oxygens (including phenoxy) is 1. The van der Waals surface area contributed by atoms with E-state index in [1.54, 1.807) is 13.2 Å². The molecule has 4 heteroatoms. The lowest BCUT2D eigenvalue weighted by Crippen LogP contribution is -1.93. The lowest BCUT2D eigenvalue weighted by Gasteiger charge is -2.06. The summed E-state index contributed by atoms with van der Waals surface area (Å²) in [6.07, 6.45) is 2.75. The maximum Gasteiger partial charge on any atom is 0.145 e. The van der Waals surface area contributed by atoms with Gasteiger partial charge in [0.15, 0.2) is 0 Å². The Balaban J connectivity index is 1.95. The molecular formula is C15H13ClNO2. The van der Waals surface area contributed by atoms with Gasteiger partial charge < -0.3 is 9.57 Å². The molecule has 2 aromatic carbocycles. The molecule has 0 N–H and O–H groups in total. The van der Waals surface area contributed by atoms with Gasteiger partial charge in [0.2, 0.25) is 0 Å². The highest BCUT2D eigenvalue weighted by Crippen LogP contribution is 2.18. The number of rotatable bonds is 5. The summed E-state index contributed by atoms with van der Waals surface area (Å²) in [5.74, 6) is 0.774. The van der Waals surface area contributed by atoms with Gasteiger partial charge in [0.25, 0.3) is 0 Å². The second-order valence-electron chi connectivity index (χ2n) is 3.77. The molecule has 0 aromatic heterocycles. The van der Waals surface area contributed by atoms with Gasteiger partial charge in [0.1, 0.15) is 18.6 Å². The summed E-state index contributed by atoms with van der Waals surface area (Å²) >= 11 is 5.97. The molecule has 0 bridgehead atoms. The number of hydrogen-bond donors (Lipinski definition) is 0. The second kappa shape index (κ2) is 6.81. The van der Waals surface area contributed by atoms with E-state index in [4.69, 9.17) is 21.2 Å². The quantitative estimate of drug-likeness (QED) is 0.614. The fraction of sp³-hybridized carbons (Fsp3) is 0.133. The van der Waals surface area contributed by atoms with E-state index < -0.39 is 0 Å². The second-order valence-corrected chi connectivity index (χ2v) is 4.18. The smallest absolute Gasteiger partial charge is 0.145 e. The summed E-state index contributed by atoms with van der Waals surface area (Å²) in [6, 6.07) is 14.9. The Labute approximate surface area is 117 Å². The minimum absolute atomic E-state index is 0.321. The van der Waals surface area contributed by atoms with E-state index in [1.165, 1.54) is 0 Å². The fourth-order valence-corrected chi connectivity index (χ4v) is 1.74. The fourth-order valence-electron chi connectivity index (χ4n) is 1.56. The van der Waals surface area contributed by atoms with Crippen molar-refractivity contribution in [1.82, 2.24) is 0 Å². The van der Waals surface area contributed by atoms with Crippen LogP contribution in [0.3, 0.4) is 0 Å². The maximum atomic E-state index is 5.97. The normalized spacial score (nSPS) is 10.6. The summed E-state index contributed by atoms with van der Waals surface area (Å²) in [5, 5.41) is 4.37. The number of para-hydroxylation sites is 1. The Hall–Kier alpha value is -2.00. The van der Waals surface area contributed by atoms with E-state index in [-0.39, 0.29) is 0 Å². The van der Waals surface area contributed by atoms with Crippen LogP contribution in [-0.2, 0) is 11.4 Å². The summed E-state index contributed by atoms with van der Waals surface area (Å²) in [7, 11) is 1.62. The molecule has 0 aliphatic rings. The number of methoxy groups -OCH3 is 1. The molecule has 0 atom stereocenters. The molecule has 3 nitrogen and oxygen atoms in total. The molecule has 97 valence electrons. The van der Waals surface area contributed by atoms with Crippen LogP contribution in [0.15, 0.2) is 53.7 Å². The van der Waals surface area contributed by atoms with Crippen LogP contribution in [0.2, 0.25) is 5.02 Å². The monoisotopic (exact) mass is 274 g/mol. The molecule has 19 heavy (non-hydrogen) atoms. The standard InChI is InChI=1S/C15H13ClNO2/c1-18-15-9-5-3-7-13(15)11-19-17-10-12-6-2-4-8-14(12)16/h2-9H,11H2,1H3. The van der Waals surface area contributed by atoms with Crippen molar-refractivity contribution in [3.05, 3.63) is 64.7 Å². The molecule has 0 aliphatic heterocycles. The van der Waals surface area contributed by atoms with Gasteiger partial charge in [-0.3, -0.25) is 0 Å². The highest BCUT2D eigenvalue weighted by atomic mass is 35.5. The summed E-state index contributed by atoms with van der Waals surface area (Å²) in [5.41, 5.74) is 1.62. The topological polar surface area (TPSA) is 30.8 Å². The number of benzene rings is 2. The molecule has 0 heterocycles. The first-order chi connectivity index (χ1) is 9.31.